The minimum Gasteiger partial charge on any atom is -0.423 e. The molecule has 5 heteroatoms. The number of hydrogen-bond donors (Lipinski definition) is 0. The molecule has 22 heavy (non-hydrogen) atoms. The molecule has 2 aromatic rings. The molecule has 0 amide bonds. The Morgan fingerprint density at radius 2 is 1.82 bits per heavy atom. The fourth-order valence-electron chi connectivity index (χ4n) is 3.46. The summed E-state index contributed by atoms with van der Waals surface area (Å²) < 4.78 is 5.84. The Hall–Kier alpha value is -1.59. The largest absolute Gasteiger partial charge is 0.423 e. The van der Waals surface area contributed by atoms with Crippen molar-refractivity contribution < 1.29 is 4.42 Å². The first-order valence-electron chi connectivity index (χ1n) is 8.29. The summed E-state index contributed by atoms with van der Waals surface area (Å²) in [6.45, 7) is 11.4. The Morgan fingerprint density at radius 3 is 2.50 bits per heavy atom. The average molecular weight is 300 g/mol. The molecule has 5 nitrogen and oxygen atoms in total. The van der Waals surface area contributed by atoms with Crippen LogP contribution < -0.4 is 4.90 Å². The van der Waals surface area contributed by atoms with E-state index in [0.717, 1.165) is 30.2 Å². The number of rotatable bonds is 3. The highest BCUT2D eigenvalue weighted by molar-refractivity contribution is 5.74. The maximum Gasteiger partial charge on any atom is 0.298 e. The molecule has 0 atom stereocenters. The SMILES string of the molecule is CC(C)N1CCN(C2CN(c3nc4ccccc4o3)C2)CC1. The van der Waals surface area contributed by atoms with Crippen LogP contribution in [-0.2, 0) is 0 Å². The topological polar surface area (TPSA) is 35.8 Å². The number of hydrogen-bond acceptors (Lipinski definition) is 5. The van der Waals surface area contributed by atoms with E-state index in [9.17, 15) is 0 Å². The lowest BCUT2D eigenvalue weighted by atomic mass is 10.1. The van der Waals surface area contributed by atoms with Gasteiger partial charge in [0.1, 0.15) is 5.52 Å². The summed E-state index contributed by atoms with van der Waals surface area (Å²) in [5.41, 5.74) is 1.83. The summed E-state index contributed by atoms with van der Waals surface area (Å²) in [6.07, 6.45) is 0. The molecular formula is C17H24N4O. The molecule has 0 radical (unpaired) electrons. The third-order valence-corrected chi connectivity index (χ3v) is 5.01. The minimum atomic E-state index is 0.657. The lowest BCUT2D eigenvalue weighted by Crippen LogP contribution is -2.63. The molecule has 0 unspecified atom stereocenters. The number of nitrogens with zero attached hydrogens (tertiary/aromatic N) is 4. The van der Waals surface area contributed by atoms with Crippen molar-refractivity contribution >= 4 is 17.1 Å². The Balaban J connectivity index is 1.34. The Labute approximate surface area is 131 Å². The molecule has 2 fully saturated rings. The first-order chi connectivity index (χ1) is 10.7. The van der Waals surface area contributed by atoms with Gasteiger partial charge in [-0.25, -0.2) is 0 Å². The quantitative estimate of drug-likeness (QED) is 0.867. The van der Waals surface area contributed by atoms with Crippen molar-refractivity contribution in [2.45, 2.75) is 25.9 Å². The molecule has 0 spiro atoms. The molecule has 3 heterocycles. The number of anilines is 1. The van der Waals surface area contributed by atoms with Crippen LogP contribution in [-0.4, -0.2) is 66.1 Å². The van der Waals surface area contributed by atoms with Crippen molar-refractivity contribution in [1.82, 2.24) is 14.8 Å². The highest BCUT2D eigenvalue weighted by Crippen LogP contribution is 2.27. The average Bonchev–Trinajstić information content (AvgIpc) is 2.89. The number of benzene rings is 1. The van der Waals surface area contributed by atoms with Gasteiger partial charge in [-0.05, 0) is 26.0 Å². The van der Waals surface area contributed by atoms with E-state index in [1.165, 1.54) is 26.2 Å². The van der Waals surface area contributed by atoms with Gasteiger partial charge in [0.25, 0.3) is 6.01 Å². The van der Waals surface area contributed by atoms with E-state index in [1.807, 2.05) is 24.3 Å². The fourth-order valence-corrected chi connectivity index (χ4v) is 3.46. The van der Waals surface area contributed by atoms with Gasteiger partial charge in [0, 0.05) is 51.4 Å². The number of para-hydroxylation sites is 2. The van der Waals surface area contributed by atoms with E-state index < -0.39 is 0 Å². The van der Waals surface area contributed by atoms with Crippen LogP contribution in [0.5, 0.6) is 0 Å². The molecule has 0 saturated carbocycles. The van der Waals surface area contributed by atoms with Crippen molar-refractivity contribution in [2.75, 3.05) is 44.2 Å². The molecule has 0 N–H and O–H groups in total. The zero-order chi connectivity index (χ0) is 15.1. The molecule has 2 aliphatic heterocycles. The summed E-state index contributed by atoms with van der Waals surface area (Å²) in [6, 6.07) is 10.1. The third-order valence-electron chi connectivity index (χ3n) is 5.01. The zero-order valence-corrected chi connectivity index (χ0v) is 13.4. The van der Waals surface area contributed by atoms with Crippen LogP contribution in [0.15, 0.2) is 28.7 Å². The summed E-state index contributed by atoms with van der Waals surface area (Å²) in [4.78, 5) is 12.0. The van der Waals surface area contributed by atoms with Crippen LogP contribution >= 0.6 is 0 Å². The van der Waals surface area contributed by atoms with Crippen LogP contribution in [0.25, 0.3) is 11.1 Å². The Bertz CT molecular complexity index is 606. The normalized spacial score (nSPS) is 21.7. The predicted octanol–water partition coefficient (Wildman–Crippen LogP) is 2.04. The van der Waals surface area contributed by atoms with Crippen molar-refractivity contribution in [1.29, 1.82) is 0 Å². The molecule has 0 bridgehead atoms. The highest BCUT2D eigenvalue weighted by Gasteiger charge is 2.35. The van der Waals surface area contributed by atoms with E-state index in [0.29, 0.717) is 12.1 Å². The monoisotopic (exact) mass is 300 g/mol. The standard InChI is InChI=1S/C17H24N4O/c1-13(2)19-7-9-20(10-8-19)14-11-21(12-14)17-18-15-5-3-4-6-16(15)22-17/h3-6,13-14H,7-12H2,1-2H3. The predicted molar refractivity (Wildman–Crippen MR) is 88.3 cm³/mol. The van der Waals surface area contributed by atoms with Crippen LogP contribution in [0.3, 0.4) is 0 Å². The van der Waals surface area contributed by atoms with Crippen LogP contribution in [0.1, 0.15) is 13.8 Å². The molecule has 2 saturated heterocycles. The third kappa shape index (κ3) is 2.48. The van der Waals surface area contributed by atoms with Crippen LogP contribution in [0.4, 0.5) is 6.01 Å². The molecule has 1 aromatic heterocycles. The molecule has 118 valence electrons. The summed E-state index contributed by atoms with van der Waals surface area (Å²) in [7, 11) is 0. The lowest BCUT2D eigenvalue weighted by molar-refractivity contribution is 0.0666. The van der Waals surface area contributed by atoms with Gasteiger partial charge < -0.3 is 9.32 Å². The molecule has 2 aliphatic rings. The van der Waals surface area contributed by atoms with E-state index in [2.05, 4.69) is 33.5 Å². The number of aromatic nitrogens is 1. The number of oxazole rings is 1. The zero-order valence-electron chi connectivity index (χ0n) is 13.4. The minimum absolute atomic E-state index is 0.657. The number of fused-ring (bicyclic) bond motifs is 1. The molecule has 1 aromatic carbocycles. The molecule has 0 aliphatic carbocycles. The van der Waals surface area contributed by atoms with E-state index >= 15 is 0 Å². The van der Waals surface area contributed by atoms with E-state index in [-0.39, 0.29) is 0 Å². The fraction of sp³-hybridized carbons (Fsp3) is 0.588. The van der Waals surface area contributed by atoms with Crippen molar-refractivity contribution in [3.63, 3.8) is 0 Å². The molecular weight excluding hydrogens is 276 g/mol. The Kier molecular flexibility index (Phi) is 3.54. The van der Waals surface area contributed by atoms with Gasteiger partial charge in [-0.3, -0.25) is 9.80 Å². The first kappa shape index (κ1) is 14.0. The van der Waals surface area contributed by atoms with E-state index in [4.69, 9.17) is 4.42 Å². The lowest BCUT2D eigenvalue weighted by Gasteiger charge is -2.48. The summed E-state index contributed by atoms with van der Waals surface area (Å²) >= 11 is 0. The molecule has 4 rings (SSSR count). The van der Waals surface area contributed by atoms with Gasteiger partial charge in [0.2, 0.25) is 0 Å². The van der Waals surface area contributed by atoms with E-state index in [1.54, 1.807) is 0 Å². The second-order valence-electron chi connectivity index (χ2n) is 6.69. The van der Waals surface area contributed by atoms with Crippen molar-refractivity contribution in [2.24, 2.45) is 0 Å². The van der Waals surface area contributed by atoms with Gasteiger partial charge in [-0.1, -0.05) is 12.1 Å². The maximum atomic E-state index is 5.84. The smallest absolute Gasteiger partial charge is 0.298 e. The van der Waals surface area contributed by atoms with Crippen molar-refractivity contribution in [3.8, 4) is 0 Å². The number of piperazine rings is 1. The Morgan fingerprint density at radius 1 is 1.09 bits per heavy atom. The van der Waals surface area contributed by atoms with Gasteiger partial charge >= 0.3 is 0 Å². The summed E-state index contributed by atoms with van der Waals surface area (Å²) in [5.74, 6) is 0. The van der Waals surface area contributed by atoms with Crippen molar-refractivity contribution in [3.05, 3.63) is 24.3 Å². The van der Waals surface area contributed by atoms with Crippen LogP contribution in [0, 0.1) is 0 Å². The second kappa shape index (κ2) is 5.56. The highest BCUT2D eigenvalue weighted by atomic mass is 16.4. The van der Waals surface area contributed by atoms with Gasteiger partial charge in [0.15, 0.2) is 5.58 Å². The first-order valence-corrected chi connectivity index (χ1v) is 8.29. The van der Waals surface area contributed by atoms with Gasteiger partial charge in [0.05, 0.1) is 0 Å². The van der Waals surface area contributed by atoms with Gasteiger partial charge in [-0.15, -0.1) is 0 Å². The maximum absolute atomic E-state index is 5.84. The van der Waals surface area contributed by atoms with Crippen LogP contribution in [0.2, 0.25) is 0 Å². The second-order valence-corrected chi connectivity index (χ2v) is 6.69. The van der Waals surface area contributed by atoms with Gasteiger partial charge in [-0.2, -0.15) is 4.98 Å². The summed E-state index contributed by atoms with van der Waals surface area (Å²) in [5, 5.41) is 0.